The largest absolute Gasteiger partial charge is 0.494 e. The highest BCUT2D eigenvalue weighted by molar-refractivity contribution is 7.99. The quantitative estimate of drug-likeness (QED) is 0.358. The number of nitrogens with one attached hydrogen (secondary N) is 1. The molecule has 0 aliphatic heterocycles. The van der Waals surface area contributed by atoms with Crippen LogP contribution in [0.3, 0.4) is 0 Å². The molecule has 1 amide bonds. The minimum atomic E-state index is -0.0416. The summed E-state index contributed by atoms with van der Waals surface area (Å²) in [5.41, 5.74) is 2.93. The molecule has 2 aromatic heterocycles. The van der Waals surface area contributed by atoms with Gasteiger partial charge in [-0.15, -0.1) is 10.2 Å². The summed E-state index contributed by atoms with van der Waals surface area (Å²) in [6.07, 6.45) is 4.26. The highest BCUT2D eigenvalue weighted by Gasteiger charge is 2.17. The van der Waals surface area contributed by atoms with E-state index in [-0.39, 0.29) is 11.7 Å². The fraction of sp³-hybridized carbons (Fsp3) is 0.200. The van der Waals surface area contributed by atoms with Gasteiger partial charge in [-0.1, -0.05) is 42.1 Å². The molecular formula is C25H25N5O2S. The fourth-order valence-electron chi connectivity index (χ4n) is 3.31. The smallest absolute Gasteiger partial charge is 0.230 e. The summed E-state index contributed by atoms with van der Waals surface area (Å²) in [6, 6.07) is 21.6. The van der Waals surface area contributed by atoms with Crippen molar-refractivity contribution < 1.29 is 9.53 Å². The normalized spacial score (nSPS) is 10.7. The number of aromatic nitrogens is 4. The zero-order chi connectivity index (χ0) is 22.9. The van der Waals surface area contributed by atoms with Gasteiger partial charge < -0.3 is 10.1 Å². The van der Waals surface area contributed by atoms with Gasteiger partial charge in [0.15, 0.2) is 11.0 Å². The summed E-state index contributed by atoms with van der Waals surface area (Å²) < 4.78 is 7.50. The Morgan fingerprint density at radius 2 is 1.85 bits per heavy atom. The Morgan fingerprint density at radius 3 is 2.58 bits per heavy atom. The van der Waals surface area contributed by atoms with Gasteiger partial charge in [0.1, 0.15) is 5.75 Å². The Bertz CT molecular complexity index is 1160. The summed E-state index contributed by atoms with van der Waals surface area (Å²) in [6.45, 7) is 3.15. The molecular weight excluding hydrogens is 434 g/mol. The standard InChI is InChI=1S/C25H25N5O2S/c1-2-32-22-12-10-21(11-13-22)30-24(20-9-6-15-26-17-20)28-29-25(30)33-18-23(31)27-16-14-19-7-4-3-5-8-19/h3-13,15,17H,2,14,16,18H2,1H3,(H,27,31). The number of rotatable bonds is 10. The number of carbonyl (C=O) groups excluding carboxylic acids is 1. The van der Waals surface area contributed by atoms with Crippen LogP contribution in [0.1, 0.15) is 12.5 Å². The first kappa shape index (κ1) is 22.5. The van der Waals surface area contributed by atoms with Crippen molar-refractivity contribution in [3.63, 3.8) is 0 Å². The first-order valence-electron chi connectivity index (χ1n) is 10.8. The number of amides is 1. The molecule has 0 atom stereocenters. The number of carbonyl (C=O) groups is 1. The zero-order valence-corrected chi connectivity index (χ0v) is 19.2. The molecule has 0 fully saturated rings. The van der Waals surface area contributed by atoms with Crippen LogP contribution in [0.15, 0.2) is 84.3 Å². The predicted octanol–water partition coefficient (Wildman–Crippen LogP) is 4.18. The van der Waals surface area contributed by atoms with Gasteiger partial charge in [0.2, 0.25) is 5.91 Å². The van der Waals surface area contributed by atoms with E-state index in [1.165, 1.54) is 17.3 Å². The molecule has 0 aliphatic rings. The molecule has 2 heterocycles. The maximum absolute atomic E-state index is 12.4. The topological polar surface area (TPSA) is 81.9 Å². The van der Waals surface area contributed by atoms with Crippen molar-refractivity contribution in [2.75, 3.05) is 18.9 Å². The highest BCUT2D eigenvalue weighted by atomic mass is 32.2. The lowest BCUT2D eigenvalue weighted by molar-refractivity contribution is -0.118. The predicted molar refractivity (Wildman–Crippen MR) is 130 cm³/mol. The lowest BCUT2D eigenvalue weighted by Crippen LogP contribution is -2.27. The Balaban J connectivity index is 1.48. The molecule has 0 saturated carbocycles. The van der Waals surface area contributed by atoms with E-state index >= 15 is 0 Å². The van der Waals surface area contributed by atoms with E-state index in [1.54, 1.807) is 12.4 Å². The highest BCUT2D eigenvalue weighted by Crippen LogP contribution is 2.28. The van der Waals surface area contributed by atoms with Crippen LogP contribution in [0.4, 0.5) is 0 Å². The van der Waals surface area contributed by atoms with Gasteiger partial charge in [-0.2, -0.15) is 0 Å². The molecule has 0 saturated heterocycles. The molecule has 7 nitrogen and oxygen atoms in total. The molecule has 2 aromatic carbocycles. The number of hydrogen-bond donors (Lipinski definition) is 1. The van der Waals surface area contributed by atoms with E-state index in [0.29, 0.717) is 24.1 Å². The third kappa shape index (κ3) is 5.98. The van der Waals surface area contributed by atoms with Crippen LogP contribution < -0.4 is 10.1 Å². The lowest BCUT2D eigenvalue weighted by atomic mass is 10.1. The van der Waals surface area contributed by atoms with Crippen LogP contribution in [0, 0.1) is 0 Å². The van der Waals surface area contributed by atoms with E-state index in [4.69, 9.17) is 4.74 Å². The number of thioether (sulfide) groups is 1. The minimum Gasteiger partial charge on any atom is -0.494 e. The van der Waals surface area contributed by atoms with E-state index in [9.17, 15) is 4.79 Å². The average molecular weight is 460 g/mol. The second kappa shape index (κ2) is 11.3. The van der Waals surface area contributed by atoms with Gasteiger partial charge in [-0.3, -0.25) is 14.3 Å². The van der Waals surface area contributed by atoms with Crippen LogP contribution in [0.2, 0.25) is 0 Å². The molecule has 0 unspecified atom stereocenters. The second-order valence-electron chi connectivity index (χ2n) is 7.18. The molecule has 168 valence electrons. The fourth-order valence-corrected chi connectivity index (χ4v) is 4.09. The number of nitrogens with zero attached hydrogens (tertiary/aromatic N) is 4. The summed E-state index contributed by atoms with van der Waals surface area (Å²) in [5, 5.41) is 12.4. The van der Waals surface area contributed by atoms with E-state index in [0.717, 1.165) is 23.4 Å². The molecule has 0 bridgehead atoms. The van der Waals surface area contributed by atoms with Crippen LogP contribution in [-0.2, 0) is 11.2 Å². The lowest BCUT2D eigenvalue weighted by Gasteiger charge is -2.11. The number of benzene rings is 2. The van der Waals surface area contributed by atoms with Crippen LogP contribution in [-0.4, -0.2) is 44.6 Å². The van der Waals surface area contributed by atoms with Gasteiger partial charge in [0.25, 0.3) is 0 Å². The first-order chi connectivity index (χ1) is 16.2. The molecule has 8 heteroatoms. The van der Waals surface area contributed by atoms with Crippen molar-refractivity contribution >= 4 is 17.7 Å². The van der Waals surface area contributed by atoms with Gasteiger partial charge in [0.05, 0.1) is 12.4 Å². The van der Waals surface area contributed by atoms with Gasteiger partial charge in [0, 0.05) is 30.2 Å². The summed E-state index contributed by atoms with van der Waals surface area (Å²) >= 11 is 1.35. The third-order valence-corrected chi connectivity index (χ3v) is 5.80. The van der Waals surface area contributed by atoms with E-state index in [2.05, 4.69) is 32.6 Å². The van der Waals surface area contributed by atoms with Crippen molar-refractivity contribution in [1.29, 1.82) is 0 Å². The number of pyridine rings is 1. The minimum absolute atomic E-state index is 0.0416. The molecule has 4 aromatic rings. The maximum Gasteiger partial charge on any atom is 0.230 e. The Labute approximate surface area is 197 Å². The maximum atomic E-state index is 12.4. The summed E-state index contributed by atoms with van der Waals surface area (Å²) in [5.74, 6) is 1.67. The van der Waals surface area contributed by atoms with Crippen molar-refractivity contribution in [2.45, 2.75) is 18.5 Å². The summed E-state index contributed by atoms with van der Waals surface area (Å²) in [4.78, 5) is 16.6. The molecule has 0 radical (unpaired) electrons. The van der Waals surface area contributed by atoms with Crippen LogP contribution in [0.5, 0.6) is 5.75 Å². The van der Waals surface area contributed by atoms with Crippen molar-refractivity contribution in [1.82, 2.24) is 25.1 Å². The second-order valence-corrected chi connectivity index (χ2v) is 8.13. The number of hydrogen-bond acceptors (Lipinski definition) is 6. The zero-order valence-electron chi connectivity index (χ0n) is 18.3. The summed E-state index contributed by atoms with van der Waals surface area (Å²) in [7, 11) is 0. The van der Waals surface area contributed by atoms with Crippen LogP contribution >= 0.6 is 11.8 Å². The van der Waals surface area contributed by atoms with Gasteiger partial charge in [-0.25, -0.2) is 0 Å². The number of ether oxygens (including phenoxy) is 1. The molecule has 4 rings (SSSR count). The van der Waals surface area contributed by atoms with Crippen molar-refractivity contribution in [3.05, 3.63) is 84.7 Å². The monoisotopic (exact) mass is 459 g/mol. The van der Waals surface area contributed by atoms with Crippen molar-refractivity contribution in [2.24, 2.45) is 0 Å². The Hall–Kier alpha value is -3.65. The molecule has 1 N–H and O–H groups in total. The van der Waals surface area contributed by atoms with E-state index < -0.39 is 0 Å². The first-order valence-corrected chi connectivity index (χ1v) is 11.8. The van der Waals surface area contributed by atoms with Gasteiger partial charge in [-0.05, 0) is 55.3 Å². The van der Waals surface area contributed by atoms with Crippen molar-refractivity contribution in [3.8, 4) is 22.8 Å². The van der Waals surface area contributed by atoms with Crippen LogP contribution in [0.25, 0.3) is 17.1 Å². The van der Waals surface area contributed by atoms with Gasteiger partial charge >= 0.3 is 0 Å². The molecule has 0 aliphatic carbocycles. The molecule has 33 heavy (non-hydrogen) atoms. The Kier molecular flexibility index (Phi) is 7.71. The SMILES string of the molecule is CCOc1ccc(-n2c(SCC(=O)NCCc3ccccc3)nnc2-c2cccnc2)cc1. The Morgan fingerprint density at radius 1 is 1.03 bits per heavy atom. The van der Waals surface area contributed by atoms with E-state index in [1.807, 2.05) is 66.1 Å². The average Bonchev–Trinajstić information content (AvgIpc) is 3.29. The molecule has 0 spiro atoms. The third-order valence-electron chi connectivity index (χ3n) is 4.87.